The summed E-state index contributed by atoms with van der Waals surface area (Å²) in [5.74, 6) is -0.680. The fourth-order valence-electron chi connectivity index (χ4n) is 3.67. The lowest BCUT2D eigenvalue weighted by molar-refractivity contribution is -0.119. The number of anilines is 1. The molecule has 1 amide bonds. The number of nitrogens with two attached hydrogens (primary N) is 1. The van der Waals surface area contributed by atoms with E-state index in [9.17, 15) is 9.18 Å². The highest BCUT2D eigenvalue weighted by molar-refractivity contribution is 5.85. The van der Waals surface area contributed by atoms with Gasteiger partial charge >= 0.3 is 0 Å². The topological polar surface area (TPSA) is 46.3 Å². The van der Waals surface area contributed by atoms with Gasteiger partial charge in [-0.15, -0.1) is 0 Å². The standard InChI is InChI=1S/C26H29FN2O/c1-18-6-10-21(11-7-18)5-4-16-29(23-14-15-24(27)20(3)17-23)25(26(28)30)22-12-8-19(2)9-13-22/h6-15,17,25H,4-5,16H2,1-3H3,(H2,28,30). The van der Waals surface area contributed by atoms with Crippen molar-refractivity contribution >= 4 is 11.6 Å². The lowest BCUT2D eigenvalue weighted by Crippen LogP contribution is -2.39. The van der Waals surface area contributed by atoms with Crippen LogP contribution in [0, 0.1) is 26.6 Å². The zero-order valence-electron chi connectivity index (χ0n) is 17.9. The van der Waals surface area contributed by atoms with Crippen molar-refractivity contribution in [3.05, 3.63) is 100 Å². The number of amides is 1. The van der Waals surface area contributed by atoms with E-state index in [-0.39, 0.29) is 5.82 Å². The Balaban J connectivity index is 1.90. The fraction of sp³-hybridized carbons (Fsp3) is 0.269. The SMILES string of the molecule is Cc1ccc(CCCN(c2ccc(F)c(C)c2)C(C(N)=O)c2ccc(C)cc2)cc1. The van der Waals surface area contributed by atoms with Gasteiger partial charge in [-0.1, -0.05) is 59.7 Å². The van der Waals surface area contributed by atoms with Crippen molar-refractivity contribution in [2.24, 2.45) is 5.73 Å². The van der Waals surface area contributed by atoms with Gasteiger partial charge in [0.25, 0.3) is 0 Å². The first-order valence-corrected chi connectivity index (χ1v) is 10.3. The second-order valence-electron chi connectivity index (χ2n) is 7.93. The van der Waals surface area contributed by atoms with Crippen LogP contribution in [0.15, 0.2) is 66.7 Å². The predicted octanol–water partition coefficient (Wildman–Crippen LogP) is 5.42. The fourth-order valence-corrected chi connectivity index (χ4v) is 3.67. The number of benzene rings is 3. The maximum Gasteiger partial charge on any atom is 0.244 e. The third-order valence-corrected chi connectivity index (χ3v) is 5.43. The van der Waals surface area contributed by atoms with E-state index < -0.39 is 11.9 Å². The highest BCUT2D eigenvalue weighted by Crippen LogP contribution is 2.29. The second-order valence-corrected chi connectivity index (χ2v) is 7.93. The number of hydrogen-bond acceptors (Lipinski definition) is 2. The second kappa shape index (κ2) is 9.57. The summed E-state index contributed by atoms with van der Waals surface area (Å²) in [5, 5.41) is 0. The van der Waals surface area contributed by atoms with Gasteiger partial charge in [-0.3, -0.25) is 4.79 Å². The van der Waals surface area contributed by atoms with Crippen molar-refractivity contribution < 1.29 is 9.18 Å². The van der Waals surface area contributed by atoms with Crippen molar-refractivity contribution in [2.75, 3.05) is 11.4 Å². The lowest BCUT2D eigenvalue weighted by atomic mass is 10.0. The minimum absolute atomic E-state index is 0.260. The quantitative estimate of drug-likeness (QED) is 0.545. The minimum Gasteiger partial charge on any atom is -0.368 e. The molecule has 0 heterocycles. The molecular weight excluding hydrogens is 375 g/mol. The molecule has 1 unspecified atom stereocenters. The van der Waals surface area contributed by atoms with E-state index >= 15 is 0 Å². The molecular formula is C26H29FN2O. The lowest BCUT2D eigenvalue weighted by Gasteiger charge is -2.32. The Morgan fingerprint density at radius 1 is 0.933 bits per heavy atom. The Labute approximate surface area is 178 Å². The van der Waals surface area contributed by atoms with Crippen molar-refractivity contribution in [1.29, 1.82) is 0 Å². The number of nitrogens with zero attached hydrogens (tertiary/aromatic N) is 1. The van der Waals surface area contributed by atoms with Gasteiger partial charge in [-0.25, -0.2) is 4.39 Å². The number of halogens is 1. The van der Waals surface area contributed by atoms with Gasteiger partial charge in [-0.2, -0.15) is 0 Å². The van der Waals surface area contributed by atoms with Crippen LogP contribution in [-0.4, -0.2) is 12.5 Å². The molecule has 3 aromatic carbocycles. The number of aryl methyl sites for hydroxylation is 4. The number of carbonyl (C=O) groups is 1. The Hall–Kier alpha value is -3.14. The number of hydrogen-bond donors (Lipinski definition) is 1. The van der Waals surface area contributed by atoms with Gasteiger partial charge in [0.2, 0.25) is 5.91 Å². The van der Waals surface area contributed by atoms with Crippen molar-refractivity contribution in [3.63, 3.8) is 0 Å². The molecule has 0 bridgehead atoms. The van der Waals surface area contributed by atoms with Crippen LogP contribution in [0.25, 0.3) is 0 Å². The number of primary amides is 1. The van der Waals surface area contributed by atoms with Gasteiger partial charge in [0.15, 0.2) is 0 Å². The molecule has 3 rings (SSSR count). The molecule has 0 spiro atoms. The summed E-state index contributed by atoms with van der Waals surface area (Å²) in [6.45, 7) is 6.43. The highest BCUT2D eigenvalue weighted by Gasteiger charge is 2.26. The molecule has 0 aromatic heterocycles. The largest absolute Gasteiger partial charge is 0.368 e. The Morgan fingerprint density at radius 3 is 2.10 bits per heavy atom. The first kappa shape index (κ1) is 21.6. The number of rotatable bonds is 8. The van der Waals surface area contributed by atoms with Crippen LogP contribution in [0.2, 0.25) is 0 Å². The molecule has 0 aliphatic rings. The molecule has 156 valence electrons. The van der Waals surface area contributed by atoms with E-state index in [2.05, 4.69) is 31.2 Å². The van der Waals surface area contributed by atoms with E-state index in [1.165, 1.54) is 17.2 Å². The van der Waals surface area contributed by atoms with Crippen LogP contribution in [0.1, 0.15) is 40.3 Å². The van der Waals surface area contributed by atoms with Gasteiger partial charge in [0, 0.05) is 12.2 Å². The summed E-state index contributed by atoms with van der Waals surface area (Å²) in [4.78, 5) is 14.5. The third-order valence-electron chi connectivity index (χ3n) is 5.43. The molecule has 3 nitrogen and oxygen atoms in total. The number of carbonyl (C=O) groups excluding carboxylic acids is 1. The van der Waals surface area contributed by atoms with E-state index in [1.54, 1.807) is 19.1 Å². The van der Waals surface area contributed by atoms with E-state index in [4.69, 9.17) is 5.73 Å². The average molecular weight is 405 g/mol. The summed E-state index contributed by atoms with van der Waals surface area (Å²) in [5.41, 5.74) is 11.6. The Bertz CT molecular complexity index is 997. The van der Waals surface area contributed by atoms with E-state index in [0.717, 1.165) is 29.7 Å². The van der Waals surface area contributed by atoms with Crippen molar-refractivity contribution in [3.8, 4) is 0 Å². The van der Waals surface area contributed by atoms with Gasteiger partial charge in [0.05, 0.1) is 0 Å². The molecule has 0 aliphatic heterocycles. The summed E-state index contributed by atoms with van der Waals surface area (Å²) >= 11 is 0. The van der Waals surface area contributed by atoms with Crippen LogP contribution in [-0.2, 0) is 11.2 Å². The van der Waals surface area contributed by atoms with E-state index in [0.29, 0.717) is 12.1 Å². The normalized spacial score (nSPS) is 11.9. The van der Waals surface area contributed by atoms with Crippen LogP contribution in [0.4, 0.5) is 10.1 Å². The predicted molar refractivity (Wildman–Crippen MR) is 121 cm³/mol. The summed E-state index contributed by atoms with van der Waals surface area (Å²) in [6, 6.07) is 20.6. The monoisotopic (exact) mass is 404 g/mol. The Kier molecular flexibility index (Phi) is 6.88. The first-order chi connectivity index (χ1) is 14.3. The Morgan fingerprint density at radius 2 is 1.53 bits per heavy atom. The smallest absolute Gasteiger partial charge is 0.244 e. The first-order valence-electron chi connectivity index (χ1n) is 10.3. The summed E-state index contributed by atoms with van der Waals surface area (Å²) in [7, 11) is 0. The summed E-state index contributed by atoms with van der Waals surface area (Å²) < 4.78 is 13.9. The molecule has 0 saturated carbocycles. The molecule has 2 N–H and O–H groups in total. The molecule has 0 radical (unpaired) electrons. The highest BCUT2D eigenvalue weighted by atomic mass is 19.1. The molecule has 30 heavy (non-hydrogen) atoms. The molecule has 4 heteroatoms. The van der Waals surface area contributed by atoms with E-state index in [1.807, 2.05) is 36.1 Å². The van der Waals surface area contributed by atoms with Crippen molar-refractivity contribution in [1.82, 2.24) is 0 Å². The van der Waals surface area contributed by atoms with Crippen LogP contribution < -0.4 is 10.6 Å². The van der Waals surface area contributed by atoms with Crippen LogP contribution >= 0.6 is 0 Å². The van der Waals surface area contributed by atoms with Crippen LogP contribution in [0.5, 0.6) is 0 Å². The maximum atomic E-state index is 13.9. The maximum absolute atomic E-state index is 13.9. The van der Waals surface area contributed by atoms with Gasteiger partial charge in [-0.05, 0) is 68.5 Å². The summed E-state index contributed by atoms with van der Waals surface area (Å²) in [6.07, 6.45) is 1.73. The average Bonchev–Trinajstić information content (AvgIpc) is 2.72. The van der Waals surface area contributed by atoms with Gasteiger partial charge in [0.1, 0.15) is 11.9 Å². The van der Waals surface area contributed by atoms with Crippen LogP contribution in [0.3, 0.4) is 0 Å². The zero-order valence-corrected chi connectivity index (χ0v) is 17.9. The third kappa shape index (κ3) is 5.26. The molecule has 0 aliphatic carbocycles. The molecule has 3 aromatic rings. The molecule has 1 atom stereocenters. The molecule has 0 fully saturated rings. The van der Waals surface area contributed by atoms with Gasteiger partial charge < -0.3 is 10.6 Å². The zero-order chi connectivity index (χ0) is 21.7. The molecule has 0 saturated heterocycles. The van der Waals surface area contributed by atoms with Crippen molar-refractivity contribution in [2.45, 2.75) is 39.7 Å². The minimum atomic E-state index is -0.617.